The number of aromatic nitrogens is 9. The van der Waals surface area contributed by atoms with E-state index >= 15 is 0 Å². The third kappa shape index (κ3) is 5.38. The Morgan fingerprint density at radius 2 is 0.818 bits per heavy atom. The molecule has 0 aliphatic carbocycles. The molecule has 0 fully saturated rings. The molecule has 0 atom stereocenters. The van der Waals surface area contributed by atoms with Gasteiger partial charge in [0.1, 0.15) is 23.3 Å². The Kier molecular flexibility index (Phi) is 6.82. The molecule has 3 heterocycles. The van der Waals surface area contributed by atoms with Gasteiger partial charge in [0.05, 0.1) is 0 Å². The summed E-state index contributed by atoms with van der Waals surface area (Å²) in [6.07, 6.45) is 0. The summed E-state index contributed by atoms with van der Waals surface area (Å²) in [6, 6.07) is 30.2. The Bertz CT molecular complexity index is 2160. The van der Waals surface area contributed by atoms with Crippen LogP contribution in [0.2, 0.25) is 0 Å². The lowest BCUT2D eigenvalue weighted by Crippen LogP contribution is -2.02. The molecule has 9 nitrogen and oxygen atoms in total. The van der Waals surface area contributed by atoms with Crippen LogP contribution in [0.5, 0.6) is 0 Å². The first-order valence-corrected chi connectivity index (χ1v) is 14.2. The first kappa shape index (κ1) is 27.0. The van der Waals surface area contributed by atoms with Crippen molar-refractivity contribution in [1.29, 1.82) is 0 Å². The summed E-state index contributed by atoms with van der Waals surface area (Å²) < 4.78 is 0. The highest BCUT2D eigenvalue weighted by atomic mass is 15.0. The maximum atomic E-state index is 4.98. The van der Waals surface area contributed by atoms with Crippen LogP contribution in [-0.2, 0) is 0 Å². The lowest BCUT2D eigenvalue weighted by Gasteiger charge is -2.12. The number of hydrogen-bond donors (Lipinski definition) is 0. The quantitative estimate of drug-likeness (QED) is 0.215. The zero-order valence-electron chi connectivity index (χ0n) is 24.7. The largest absolute Gasteiger partial charge is 0.219 e. The molecule has 0 aliphatic rings. The summed E-state index contributed by atoms with van der Waals surface area (Å²) >= 11 is 0. The Labute approximate surface area is 254 Å². The first-order valence-electron chi connectivity index (χ1n) is 14.2. The summed E-state index contributed by atoms with van der Waals surface area (Å²) in [6.45, 7) is 7.49. The van der Waals surface area contributed by atoms with Crippen molar-refractivity contribution in [3.05, 3.63) is 114 Å². The van der Waals surface area contributed by atoms with E-state index in [0.29, 0.717) is 52.4 Å². The van der Waals surface area contributed by atoms with Gasteiger partial charge in [0.15, 0.2) is 29.1 Å². The highest BCUT2D eigenvalue weighted by Crippen LogP contribution is 2.33. The zero-order chi connectivity index (χ0) is 30.2. The van der Waals surface area contributed by atoms with Crippen LogP contribution in [0.3, 0.4) is 0 Å². The van der Waals surface area contributed by atoms with Gasteiger partial charge in [-0.25, -0.2) is 44.9 Å². The maximum Gasteiger partial charge on any atom is 0.164 e. The summed E-state index contributed by atoms with van der Waals surface area (Å²) in [7, 11) is 0. The molecule has 4 aromatic carbocycles. The normalized spacial score (nSPS) is 11.2. The van der Waals surface area contributed by atoms with Crippen molar-refractivity contribution in [2.45, 2.75) is 27.7 Å². The number of aryl methyl sites for hydroxylation is 4. The smallest absolute Gasteiger partial charge is 0.164 e. The van der Waals surface area contributed by atoms with Crippen LogP contribution >= 0.6 is 0 Å². The van der Waals surface area contributed by atoms with Crippen LogP contribution in [0, 0.1) is 27.7 Å². The lowest BCUT2D eigenvalue weighted by molar-refractivity contribution is 0.928. The lowest BCUT2D eigenvalue weighted by atomic mass is 9.99. The van der Waals surface area contributed by atoms with Crippen LogP contribution in [0.1, 0.15) is 23.3 Å². The molecule has 0 bridgehead atoms. The van der Waals surface area contributed by atoms with E-state index in [-0.39, 0.29) is 0 Å². The molecule has 0 radical (unpaired) electrons. The van der Waals surface area contributed by atoms with E-state index in [1.807, 2.05) is 94.4 Å². The minimum absolute atomic E-state index is 0.564. The van der Waals surface area contributed by atoms with Gasteiger partial charge >= 0.3 is 0 Å². The van der Waals surface area contributed by atoms with Gasteiger partial charge in [0.25, 0.3) is 0 Å². The van der Waals surface area contributed by atoms with E-state index < -0.39 is 0 Å². The summed E-state index contributed by atoms with van der Waals surface area (Å²) in [5.41, 5.74) is 4.35. The summed E-state index contributed by atoms with van der Waals surface area (Å²) in [4.78, 5) is 42.0. The van der Waals surface area contributed by atoms with Gasteiger partial charge in [-0.15, -0.1) is 0 Å². The minimum atomic E-state index is 0.564. The van der Waals surface area contributed by atoms with E-state index in [1.54, 1.807) is 0 Å². The first-order chi connectivity index (χ1) is 21.4. The van der Waals surface area contributed by atoms with Crippen molar-refractivity contribution in [2.75, 3.05) is 0 Å². The molecule has 0 saturated carbocycles. The molecule has 7 aromatic rings. The number of hydrogen-bond acceptors (Lipinski definition) is 9. The van der Waals surface area contributed by atoms with Crippen LogP contribution in [0.15, 0.2) is 91.0 Å². The molecule has 44 heavy (non-hydrogen) atoms. The Balaban J connectivity index is 1.37. The second-order valence-corrected chi connectivity index (χ2v) is 10.5. The zero-order valence-corrected chi connectivity index (χ0v) is 24.7. The number of rotatable bonds is 5. The summed E-state index contributed by atoms with van der Waals surface area (Å²) in [5.74, 6) is 5.56. The average molecular weight is 574 g/mol. The molecule has 7 rings (SSSR count). The van der Waals surface area contributed by atoms with Gasteiger partial charge < -0.3 is 0 Å². The molecule has 0 spiro atoms. The van der Waals surface area contributed by atoms with Crippen LogP contribution < -0.4 is 0 Å². The fourth-order valence-electron chi connectivity index (χ4n) is 5.23. The highest BCUT2D eigenvalue weighted by Gasteiger charge is 2.16. The van der Waals surface area contributed by atoms with Gasteiger partial charge in [-0.1, -0.05) is 72.8 Å². The second-order valence-electron chi connectivity index (χ2n) is 10.5. The van der Waals surface area contributed by atoms with Gasteiger partial charge in [-0.05, 0) is 56.7 Å². The molecule has 212 valence electrons. The fraction of sp³-hybridized carbons (Fsp3) is 0.114. The van der Waals surface area contributed by atoms with Gasteiger partial charge in [0.2, 0.25) is 0 Å². The average Bonchev–Trinajstić information content (AvgIpc) is 3.03. The molecular weight excluding hydrogens is 546 g/mol. The van der Waals surface area contributed by atoms with Crippen molar-refractivity contribution in [2.24, 2.45) is 0 Å². The van der Waals surface area contributed by atoms with Gasteiger partial charge in [0, 0.05) is 27.8 Å². The molecule has 3 aromatic heterocycles. The van der Waals surface area contributed by atoms with Crippen molar-refractivity contribution >= 4 is 10.8 Å². The molecule has 0 unspecified atom stereocenters. The van der Waals surface area contributed by atoms with E-state index in [0.717, 1.165) is 38.6 Å². The third-order valence-corrected chi connectivity index (χ3v) is 7.13. The van der Waals surface area contributed by atoms with Crippen molar-refractivity contribution in [3.63, 3.8) is 0 Å². The molecular formula is C35H27N9. The Hall–Kier alpha value is -5.83. The van der Waals surface area contributed by atoms with E-state index in [1.165, 1.54) is 0 Å². The molecule has 0 aliphatic heterocycles. The molecule has 0 amide bonds. The monoisotopic (exact) mass is 573 g/mol. The van der Waals surface area contributed by atoms with Gasteiger partial charge in [-0.3, -0.25) is 0 Å². The molecule has 0 N–H and O–H groups in total. The van der Waals surface area contributed by atoms with Crippen LogP contribution in [-0.4, -0.2) is 44.9 Å². The van der Waals surface area contributed by atoms with Crippen molar-refractivity contribution in [1.82, 2.24) is 44.9 Å². The van der Waals surface area contributed by atoms with Crippen molar-refractivity contribution in [3.8, 4) is 56.9 Å². The van der Waals surface area contributed by atoms with Crippen LogP contribution in [0.4, 0.5) is 0 Å². The number of fused-ring (bicyclic) bond motifs is 1. The van der Waals surface area contributed by atoms with Gasteiger partial charge in [-0.2, -0.15) is 0 Å². The molecule has 0 saturated heterocycles. The predicted molar refractivity (Wildman–Crippen MR) is 170 cm³/mol. The molecule has 9 heteroatoms. The predicted octanol–water partition coefficient (Wildman–Crippen LogP) is 6.96. The number of nitrogens with zero attached hydrogens (tertiary/aromatic N) is 9. The standard InChI is InChI=1S/C35H27N9/c1-20-36-21(2)38-32(37-20)26-14-10-15-27(18-26)33-40-23(4)42-35(44-33)30-19-28(17-25-13-8-9-16-29(25)30)34-41-22(3)39-31(43-34)24-11-6-5-7-12-24/h5-19H,1-4H3. The fourth-order valence-corrected chi connectivity index (χ4v) is 5.23. The topological polar surface area (TPSA) is 116 Å². The van der Waals surface area contributed by atoms with E-state index in [2.05, 4.69) is 44.2 Å². The Morgan fingerprint density at radius 3 is 1.50 bits per heavy atom. The number of benzene rings is 4. The minimum Gasteiger partial charge on any atom is -0.219 e. The van der Waals surface area contributed by atoms with E-state index in [9.17, 15) is 0 Å². The van der Waals surface area contributed by atoms with E-state index in [4.69, 9.17) is 24.9 Å². The Morgan fingerprint density at radius 1 is 0.341 bits per heavy atom. The third-order valence-electron chi connectivity index (χ3n) is 7.13. The maximum absolute atomic E-state index is 4.98. The highest BCUT2D eigenvalue weighted by molar-refractivity contribution is 5.98. The SMILES string of the molecule is Cc1nc(C)nc(-c2cccc(-c3nc(C)nc(-c4cc(-c5nc(C)nc(-c6ccccc6)n5)cc5ccccc45)n3)c2)n1. The summed E-state index contributed by atoms with van der Waals surface area (Å²) in [5, 5.41) is 2.05. The van der Waals surface area contributed by atoms with Crippen LogP contribution in [0.25, 0.3) is 67.7 Å². The second kappa shape index (κ2) is 11.1. The van der Waals surface area contributed by atoms with Crippen molar-refractivity contribution < 1.29 is 0 Å².